The topological polar surface area (TPSA) is 29.3 Å². The number of likely N-dealkylation sites (N-methyl/N-ethyl adjacent to an activating group) is 1. The summed E-state index contributed by atoms with van der Waals surface area (Å²) in [5.74, 6) is 0. The summed E-state index contributed by atoms with van der Waals surface area (Å²) in [7, 11) is 0. The van der Waals surface area contributed by atoms with E-state index in [1.165, 1.54) is 31.2 Å². The van der Waals surface area contributed by atoms with Gasteiger partial charge in [0, 0.05) is 11.6 Å². The predicted octanol–water partition coefficient (Wildman–Crippen LogP) is 3.34. The minimum Gasteiger partial charge on any atom is -0.322 e. The van der Waals surface area contributed by atoms with Gasteiger partial charge in [0.25, 0.3) is 0 Å². The number of hydrogen-bond acceptors (Lipinski definition) is 2. The molecule has 0 heterocycles. The Labute approximate surface area is 111 Å². The molecule has 2 N–H and O–H groups in total. The van der Waals surface area contributed by atoms with Gasteiger partial charge in [-0.2, -0.15) is 0 Å². The van der Waals surface area contributed by atoms with Crippen molar-refractivity contribution < 1.29 is 0 Å². The van der Waals surface area contributed by atoms with Crippen molar-refractivity contribution in [2.24, 2.45) is 5.73 Å². The van der Waals surface area contributed by atoms with Gasteiger partial charge in [0.2, 0.25) is 0 Å². The van der Waals surface area contributed by atoms with Crippen LogP contribution >= 0.6 is 0 Å². The molecule has 1 unspecified atom stereocenters. The van der Waals surface area contributed by atoms with Crippen molar-refractivity contribution in [3.63, 3.8) is 0 Å². The average molecular weight is 246 g/mol. The van der Waals surface area contributed by atoms with Crippen molar-refractivity contribution in [3.8, 4) is 0 Å². The lowest BCUT2D eigenvalue weighted by atomic mass is 9.82. The fourth-order valence-corrected chi connectivity index (χ4v) is 3.64. The molecule has 1 fully saturated rings. The summed E-state index contributed by atoms with van der Waals surface area (Å²) in [6, 6.07) is 10.7. The molecule has 100 valence electrons. The Balaban J connectivity index is 2.30. The van der Waals surface area contributed by atoms with Crippen molar-refractivity contribution in [1.29, 1.82) is 0 Å². The molecule has 0 radical (unpaired) electrons. The Bertz CT molecular complexity index is 351. The molecule has 1 atom stereocenters. The summed E-state index contributed by atoms with van der Waals surface area (Å²) in [6.07, 6.45) is 5.11. The summed E-state index contributed by atoms with van der Waals surface area (Å²) < 4.78 is 0. The quantitative estimate of drug-likeness (QED) is 0.863. The Kier molecular flexibility index (Phi) is 4.41. The molecule has 1 aromatic rings. The van der Waals surface area contributed by atoms with Crippen molar-refractivity contribution in [2.75, 3.05) is 13.1 Å². The van der Waals surface area contributed by atoms with Gasteiger partial charge < -0.3 is 5.73 Å². The number of hydrogen-bond donors (Lipinski definition) is 1. The molecule has 0 amide bonds. The maximum absolute atomic E-state index is 6.65. The van der Waals surface area contributed by atoms with Gasteiger partial charge in [0.15, 0.2) is 0 Å². The molecule has 2 heteroatoms. The van der Waals surface area contributed by atoms with E-state index in [4.69, 9.17) is 5.73 Å². The Morgan fingerprint density at radius 2 is 1.67 bits per heavy atom. The summed E-state index contributed by atoms with van der Waals surface area (Å²) in [4.78, 5) is 2.58. The van der Waals surface area contributed by atoms with Crippen LogP contribution in [0.4, 0.5) is 0 Å². The van der Waals surface area contributed by atoms with E-state index in [9.17, 15) is 0 Å². The van der Waals surface area contributed by atoms with Gasteiger partial charge in [-0.25, -0.2) is 0 Å². The molecule has 0 aromatic heterocycles. The maximum Gasteiger partial charge on any atom is 0.0482 e. The van der Waals surface area contributed by atoms with Crippen molar-refractivity contribution in [2.45, 2.75) is 51.1 Å². The van der Waals surface area contributed by atoms with Crippen molar-refractivity contribution in [1.82, 2.24) is 4.90 Å². The van der Waals surface area contributed by atoms with Gasteiger partial charge in [0.1, 0.15) is 0 Å². The van der Waals surface area contributed by atoms with Gasteiger partial charge in [-0.05, 0) is 31.5 Å². The van der Waals surface area contributed by atoms with E-state index in [0.717, 1.165) is 13.1 Å². The first kappa shape index (κ1) is 13.6. The lowest BCUT2D eigenvalue weighted by Crippen LogP contribution is -2.53. The number of nitrogens with two attached hydrogens (primary N) is 1. The molecule has 0 saturated heterocycles. The van der Waals surface area contributed by atoms with Crippen LogP contribution < -0.4 is 5.73 Å². The second-order valence-corrected chi connectivity index (χ2v) is 5.37. The molecular weight excluding hydrogens is 220 g/mol. The molecule has 0 bridgehead atoms. The smallest absolute Gasteiger partial charge is 0.0482 e. The van der Waals surface area contributed by atoms with Crippen LogP contribution in [0.2, 0.25) is 0 Å². The highest BCUT2D eigenvalue weighted by molar-refractivity contribution is 5.24. The van der Waals surface area contributed by atoms with Crippen LogP contribution in [0.15, 0.2) is 30.3 Å². The molecule has 1 aliphatic rings. The normalized spacial score (nSPS) is 20.2. The van der Waals surface area contributed by atoms with Crippen molar-refractivity contribution >= 4 is 0 Å². The van der Waals surface area contributed by atoms with Crippen LogP contribution in [0.3, 0.4) is 0 Å². The highest BCUT2D eigenvalue weighted by atomic mass is 15.2. The summed E-state index contributed by atoms with van der Waals surface area (Å²) >= 11 is 0. The molecular formula is C16H26N2. The van der Waals surface area contributed by atoms with Crippen LogP contribution in [0.1, 0.15) is 51.1 Å². The van der Waals surface area contributed by atoms with Crippen molar-refractivity contribution in [3.05, 3.63) is 35.9 Å². The minimum atomic E-state index is 0.140. The standard InChI is InChI=1S/C16H26N2/c1-3-18(4-2)16(12-8-9-13-16)15(17)14-10-6-5-7-11-14/h5-7,10-11,15H,3-4,8-9,12-13,17H2,1-2H3. The van der Waals surface area contributed by atoms with Crippen LogP contribution in [0.25, 0.3) is 0 Å². The minimum absolute atomic E-state index is 0.140. The first-order valence-corrected chi connectivity index (χ1v) is 7.30. The molecule has 1 saturated carbocycles. The van der Waals surface area contributed by atoms with E-state index in [1.807, 2.05) is 0 Å². The summed E-state index contributed by atoms with van der Waals surface area (Å²) in [5, 5.41) is 0. The highest BCUT2D eigenvalue weighted by Crippen LogP contribution is 2.43. The third-order valence-corrected chi connectivity index (χ3v) is 4.60. The van der Waals surface area contributed by atoms with Crippen LogP contribution in [-0.4, -0.2) is 23.5 Å². The largest absolute Gasteiger partial charge is 0.322 e. The van der Waals surface area contributed by atoms with Gasteiger partial charge in [-0.15, -0.1) is 0 Å². The molecule has 2 rings (SSSR count). The van der Waals surface area contributed by atoms with Crippen LogP contribution in [0.5, 0.6) is 0 Å². The van der Waals surface area contributed by atoms with E-state index in [1.54, 1.807) is 0 Å². The Morgan fingerprint density at radius 1 is 1.11 bits per heavy atom. The molecule has 2 nitrogen and oxygen atoms in total. The predicted molar refractivity (Wildman–Crippen MR) is 77.5 cm³/mol. The zero-order valence-electron chi connectivity index (χ0n) is 11.7. The molecule has 1 aliphatic carbocycles. The lowest BCUT2D eigenvalue weighted by Gasteiger charge is -2.45. The molecule has 18 heavy (non-hydrogen) atoms. The SMILES string of the molecule is CCN(CC)C1(C(N)c2ccccc2)CCCC1. The van der Waals surface area contributed by atoms with E-state index in [-0.39, 0.29) is 11.6 Å². The molecule has 0 spiro atoms. The first-order valence-electron chi connectivity index (χ1n) is 7.30. The number of nitrogens with zero attached hydrogens (tertiary/aromatic N) is 1. The van der Waals surface area contributed by atoms with E-state index >= 15 is 0 Å². The molecule has 0 aliphatic heterocycles. The second kappa shape index (κ2) is 5.85. The fourth-order valence-electron chi connectivity index (χ4n) is 3.64. The van der Waals surface area contributed by atoms with Crippen LogP contribution in [0, 0.1) is 0 Å². The van der Waals surface area contributed by atoms with Crippen LogP contribution in [-0.2, 0) is 0 Å². The lowest BCUT2D eigenvalue weighted by molar-refractivity contribution is 0.0770. The fraction of sp³-hybridized carbons (Fsp3) is 0.625. The van der Waals surface area contributed by atoms with Gasteiger partial charge in [-0.1, -0.05) is 57.0 Å². The average Bonchev–Trinajstić information content (AvgIpc) is 2.91. The third kappa shape index (κ3) is 2.32. The Morgan fingerprint density at radius 3 is 2.17 bits per heavy atom. The second-order valence-electron chi connectivity index (χ2n) is 5.37. The van der Waals surface area contributed by atoms with Gasteiger partial charge in [-0.3, -0.25) is 4.90 Å². The summed E-state index contributed by atoms with van der Waals surface area (Å²) in [6.45, 7) is 6.69. The first-order chi connectivity index (χ1) is 8.74. The number of rotatable bonds is 5. The monoisotopic (exact) mass is 246 g/mol. The van der Waals surface area contributed by atoms with Gasteiger partial charge in [0.05, 0.1) is 0 Å². The Hall–Kier alpha value is -0.860. The number of benzene rings is 1. The zero-order valence-corrected chi connectivity index (χ0v) is 11.7. The highest BCUT2D eigenvalue weighted by Gasteiger charge is 2.43. The van der Waals surface area contributed by atoms with E-state index in [0.29, 0.717) is 0 Å². The maximum atomic E-state index is 6.65. The zero-order chi connectivity index (χ0) is 13.0. The third-order valence-electron chi connectivity index (χ3n) is 4.60. The van der Waals surface area contributed by atoms with E-state index < -0.39 is 0 Å². The molecule has 1 aromatic carbocycles. The van der Waals surface area contributed by atoms with Gasteiger partial charge >= 0.3 is 0 Å². The summed E-state index contributed by atoms with van der Waals surface area (Å²) in [5.41, 5.74) is 8.11. The van der Waals surface area contributed by atoms with E-state index in [2.05, 4.69) is 49.1 Å².